The molecule has 116 valence electrons. The number of nitrogens with zero attached hydrogens (tertiary/aromatic N) is 1. The minimum Gasteiger partial charge on any atom is -0.497 e. The molecule has 4 heteroatoms. The highest BCUT2D eigenvalue weighted by Crippen LogP contribution is 2.63. The Balaban J connectivity index is 1.74. The average molecular weight is 307 g/mol. The molecule has 0 saturated carbocycles. The van der Waals surface area contributed by atoms with Crippen molar-refractivity contribution >= 4 is 11.6 Å². The van der Waals surface area contributed by atoms with E-state index < -0.39 is 5.60 Å². The molecule has 1 fully saturated rings. The molecule has 2 atom stereocenters. The second kappa shape index (κ2) is 4.96. The number of rotatable bonds is 4. The summed E-state index contributed by atoms with van der Waals surface area (Å²) in [6.07, 6.45) is 1.48. The number of anilines is 1. The van der Waals surface area contributed by atoms with Gasteiger partial charge in [0, 0.05) is 12.1 Å². The van der Waals surface area contributed by atoms with E-state index >= 15 is 0 Å². The van der Waals surface area contributed by atoms with Crippen LogP contribution in [0.2, 0.25) is 0 Å². The van der Waals surface area contributed by atoms with Crippen molar-refractivity contribution in [2.45, 2.75) is 11.7 Å². The van der Waals surface area contributed by atoms with Gasteiger partial charge >= 0.3 is 0 Å². The summed E-state index contributed by atoms with van der Waals surface area (Å²) in [7, 11) is 1.63. The molecule has 0 bridgehead atoms. The summed E-state index contributed by atoms with van der Waals surface area (Å²) in [4.78, 5) is 14.7. The van der Waals surface area contributed by atoms with Crippen molar-refractivity contribution in [3.05, 3.63) is 72.3 Å². The van der Waals surface area contributed by atoms with Crippen LogP contribution in [0.4, 0.5) is 5.69 Å². The standard InChI is InChI=1S/C19H17NO3/c1-3-12-20-16-7-5-4-6-15(16)19(18(20)21)17(23-19)13-8-10-14(22-2)11-9-13/h3-11,17H,1,12H2,2H3/t17-,19-/m0/s1. The molecule has 0 N–H and O–H groups in total. The van der Waals surface area contributed by atoms with Crippen molar-refractivity contribution < 1.29 is 14.3 Å². The van der Waals surface area contributed by atoms with Crippen LogP contribution < -0.4 is 9.64 Å². The third-order valence-electron chi connectivity index (χ3n) is 4.50. The van der Waals surface area contributed by atoms with Crippen LogP contribution in [-0.4, -0.2) is 19.6 Å². The molecule has 4 rings (SSSR count). The second-order valence-electron chi connectivity index (χ2n) is 5.73. The molecule has 0 radical (unpaired) electrons. The van der Waals surface area contributed by atoms with Gasteiger partial charge in [-0.2, -0.15) is 0 Å². The molecule has 2 aliphatic rings. The van der Waals surface area contributed by atoms with Crippen LogP contribution in [-0.2, 0) is 15.1 Å². The highest BCUT2D eigenvalue weighted by atomic mass is 16.6. The maximum atomic E-state index is 13.0. The highest BCUT2D eigenvalue weighted by molar-refractivity contribution is 6.09. The van der Waals surface area contributed by atoms with Gasteiger partial charge in [-0.25, -0.2) is 0 Å². The lowest BCUT2D eigenvalue weighted by atomic mass is 9.93. The Hall–Kier alpha value is -2.59. The fourth-order valence-corrected chi connectivity index (χ4v) is 3.36. The molecular formula is C19H17NO3. The quantitative estimate of drug-likeness (QED) is 0.643. The number of carbonyl (C=O) groups is 1. The Kier molecular flexibility index (Phi) is 3.03. The predicted molar refractivity (Wildman–Crippen MR) is 87.5 cm³/mol. The van der Waals surface area contributed by atoms with Gasteiger partial charge in [-0.05, 0) is 23.8 Å². The number of fused-ring (bicyclic) bond motifs is 2. The smallest absolute Gasteiger partial charge is 0.267 e. The molecule has 2 aliphatic heterocycles. The van der Waals surface area contributed by atoms with Crippen LogP contribution in [0.25, 0.3) is 0 Å². The highest BCUT2D eigenvalue weighted by Gasteiger charge is 2.69. The summed E-state index contributed by atoms with van der Waals surface area (Å²) in [6, 6.07) is 15.5. The summed E-state index contributed by atoms with van der Waals surface area (Å²) >= 11 is 0. The maximum absolute atomic E-state index is 13.0. The number of hydrogen-bond acceptors (Lipinski definition) is 3. The first kappa shape index (κ1) is 14.0. The summed E-state index contributed by atoms with van der Waals surface area (Å²) in [6.45, 7) is 4.23. The third-order valence-corrected chi connectivity index (χ3v) is 4.50. The minimum atomic E-state index is -0.881. The number of para-hydroxylation sites is 1. The summed E-state index contributed by atoms with van der Waals surface area (Å²) < 4.78 is 11.2. The van der Waals surface area contributed by atoms with E-state index in [1.165, 1.54) is 0 Å². The van der Waals surface area contributed by atoms with Crippen molar-refractivity contribution in [2.75, 3.05) is 18.6 Å². The molecule has 0 unspecified atom stereocenters. The van der Waals surface area contributed by atoms with E-state index in [1.54, 1.807) is 18.1 Å². The van der Waals surface area contributed by atoms with Gasteiger partial charge < -0.3 is 14.4 Å². The number of hydrogen-bond donors (Lipinski definition) is 0. The van der Waals surface area contributed by atoms with Crippen molar-refractivity contribution in [3.8, 4) is 5.75 Å². The van der Waals surface area contributed by atoms with Crippen LogP contribution in [0.3, 0.4) is 0 Å². The summed E-state index contributed by atoms with van der Waals surface area (Å²) in [5, 5.41) is 0. The lowest BCUT2D eigenvalue weighted by Crippen LogP contribution is -2.33. The molecule has 0 aromatic heterocycles. The summed E-state index contributed by atoms with van der Waals surface area (Å²) in [5.74, 6) is 0.773. The number of carbonyl (C=O) groups excluding carboxylic acids is 1. The first-order valence-electron chi connectivity index (χ1n) is 7.56. The molecular weight excluding hydrogens is 290 g/mol. The Morgan fingerprint density at radius 2 is 2.00 bits per heavy atom. The fourth-order valence-electron chi connectivity index (χ4n) is 3.36. The van der Waals surface area contributed by atoms with Gasteiger partial charge in [0.05, 0.1) is 12.8 Å². The Morgan fingerprint density at radius 1 is 1.26 bits per heavy atom. The minimum absolute atomic E-state index is 0.0144. The maximum Gasteiger partial charge on any atom is 0.267 e. The topological polar surface area (TPSA) is 42.1 Å². The number of benzene rings is 2. The van der Waals surface area contributed by atoms with Gasteiger partial charge in [0.15, 0.2) is 0 Å². The number of methoxy groups -OCH3 is 1. The lowest BCUT2D eigenvalue weighted by molar-refractivity contribution is -0.122. The van der Waals surface area contributed by atoms with Gasteiger partial charge in [0.25, 0.3) is 5.91 Å². The Bertz CT molecular complexity index is 783. The first-order valence-corrected chi connectivity index (χ1v) is 7.56. The normalized spacial score (nSPS) is 24.7. The summed E-state index contributed by atoms with van der Waals surface area (Å²) in [5.41, 5.74) is 1.95. The molecule has 1 amide bonds. The number of amides is 1. The second-order valence-corrected chi connectivity index (χ2v) is 5.73. The average Bonchev–Trinajstić information content (AvgIpc) is 3.31. The fraction of sp³-hybridized carbons (Fsp3) is 0.211. The molecule has 1 saturated heterocycles. The molecule has 2 aromatic carbocycles. The van der Waals surface area contributed by atoms with Crippen LogP contribution in [0.5, 0.6) is 5.75 Å². The molecule has 4 nitrogen and oxygen atoms in total. The largest absolute Gasteiger partial charge is 0.497 e. The van der Waals surface area contributed by atoms with Gasteiger partial charge in [-0.3, -0.25) is 4.79 Å². The molecule has 2 aromatic rings. The zero-order valence-electron chi connectivity index (χ0n) is 12.9. The lowest BCUT2D eigenvalue weighted by Gasteiger charge is -2.14. The van der Waals surface area contributed by atoms with E-state index in [2.05, 4.69) is 6.58 Å². The van der Waals surface area contributed by atoms with Crippen molar-refractivity contribution in [1.29, 1.82) is 0 Å². The van der Waals surface area contributed by atoms with Gasteiger partial charge in [-0.15, -0.1) is 6.58 Å². The number of ether oxygens (including phenoxy) is 2. The molecule has 1 spiro atoms. The number of epoxide rings is 1. The Labute approximate surface area is 134 Å². The van der Waals surface area contributed by atoms with E-state index in [1.807, 2.05) is 48.5 Å². The monoisotopic (exact) mass is 307 g/mol. The predicted octanol–water partition coefficient (Wildman–Crippen LogP) is 3.19. The third kappa shape index (κ3) is 1.85. The van der Waals surface area contributed by atoms with E-state index in [9.17, 15) is 4.79 Å². The van der Waals surface area contributed by atoms with Crippen LogP contribution in [0.15, 0.2) is 61.2 Å². The first-order chi connectivity index (χ1) is 11.2. The molecule has 23 heavy (non-hydrogen) atoms. The zero-order chi connectivity index (χ0) is 16.0. The van der Waals surface area contributed by atoms with Gasteiger partial charge in [0.2, 0.25) is 5.60 Å². The van der Waals surface area contributed by atoms with E-state index in [0.29, 0.717) is 6.54 Å². The van der Waals surface area contributed by atoms with Crippen LogP contribution in [0, 0.1) is 0 Å². The van der Waals surface area contributed by atoms with Gasteiger partial charge in [0.1, 0.15) is 11.9 Å². The SMILES string of the molecule is C=CCN1C(=O)[C@]2(O[C@H]2c2ccc(OC)cc2)c2ccccc21. The van der Waals surface area contributed by atoms with Crippen LogP contribution in [0.1, 0.15) is 17.2 Å². The van der Waals surface area contributed by atoms with Crippen molar-refractivity contribution in [3.63, 3.8) is 0 Å². The zero-order valence-corrected chi connectivity index (χ0v) is 12.9. The van der Waals surface area contributed by atoms with E-state index in [4.69, 9.17) is 9.47 Å². The van der Waals surface area contributed by atoms with E-state index in [-0.39, 0.29) is 12.0 Å². The Morgan fingerprint density at radius 3 is 2.70 bits per heavy atom. The molecule has 0 aliphatic carbocycles. The van der Waals surface area contributed by atoms with E-state index in [0.717, 1.165) is 22.6 Å². The van der Waals surface area contributed by atoms with Crippen molar-refractivity contribution in [2.24, 2.45) is 0 Å². The van der Waals surface area contributed by atoms with Crippen molar-refractivity contribution in [1.82, 2.24) is 0 Å². The van der Waals surface area contributed by atoms with Gasteiger partial charge in [-0.1, -0.05) is 36.4 Å². The molecule has 2 heterocycles. The van der Waals surface area contributed by atoms with Crippen LogP contribution >= 0.6 is 0 Å².